The van der Waals surface area contributed by atoms with Gasteiger partial charge in [-0.15, -0.1) is 0 Å². The van der Waals surface area contributed by atoms with Crippen molar-refractivity contribution in [3.05, 3.63) is 12.2 Å². The number of carbonyl (C=O) groups is 3. The minimum absolute atomic E-state index is 0.464. The molecule has 76 valence electrons. The van der Waals surface area contributed by atoms with Crippen molar-refractivity contribution in [2.45, 2.75) is 32.1 Å². The number of Topliss-reactive ketones (excluding diaryl/α,β-unsaturated/α-hetero) is 1. The second kappa shape index (κ2) is 5.32. The fourth-order valence-electron chi connectivity index (χ4n) is 1.25. The number of ether oxygens (including phenoxy) is 1. The van der Waals surface area contributed by atoms with Crippen molar-refractivity contribution >= 4 is 17.7 Å². The van der Waals surface area contributed by atoms with Gasteiger partial charge in [0.15, 0.2) is 0 Å². The Labute approximate surface area is 81.9 Å². The van der Waals surface area contributed by atoms with Gasteiger partial charge in [0.1, 0.15) is 5.78 Å². The Bertz CT molecular complexity index is 254. The predicted octanol–water partition coefficient (Wildman–Crippen LogP) is 1.15. The summed E-state index contributed by atoms with van der Waals surface area (Å²) in [6.45, 7) is 0. The van der Waals surface area contributed by atoms with Crippen LogP contribution in [0.4, 0.5) is 0 Å². The van der Waals surface area contributed by atoms with Gasteiger partial charge in [-0.3, -0.25) is 4.79 Å². The number of carbonyl (C=O) groups excluding carboxylic acids is 3. The highest BCUT2D eigenvalue weighted by Gasteiger charge is 2.10. The zero-order chi connectivity index (χ0) is 10.4. The van der Waals surface area contributed by atoms with Gasteiger partial charge in [0.2, 0.25) is 0 Å². The van der Waals surface area contributed by atoms with Crippen molar-refractivity contribution in [1.82, 2.24) is 0 Å². The molecule has 0 unspecified atom stereocenters. The predicted molar refractivity (Wildman–Crippen MR) is 48.3 cm³/mol. The molecule has 0 aromatic rings. The first kappa shape index (κ1) is 10.6. The number of hydrogen-bond donors (Lipinski definition) is 0. The van der Waals surface area contributed by atoms with E-state index < -0.39 is 11.9 Å². The van der Waals surface area contributed by atoms with Crippen LogP contribution in [-0.2, 0) is 19.1 Å². The highest BCUT2D eigenvalue weighted by molar-refractivity contribution is 6.04. The Balaban J connectivity index is 0.000000140. The summed E-state index contributed by atoms with van der Waals surface area (Å²) >= 11 is 0. The quantitative estimate of drug-likeness (QED) is 0.430. The number of esters is 2. The Morgan fingerprint density at radius 2 is 1.36 bits per heavy atom. The van der Waals surface area contributed by atoms with E-state index in [1.807, 2.05) is 0 Å². The fraction of sp³-hybridized carbons (Fsp3) is 0.500. The molecule has 4 nitrogen and oxygen atoms in total. The average molecular weight is 196 g/mol. The van der Waals surface area contributed by atoms with E-state index >= 15 is 0 Å². The summed E-state index contributed by atoms with van der Waals surface area (Å²) in [6, 6.07) is 0. The molecule has 1 heterocycles. The van der Waals surface area contributed by atoms with E-state index in [1.165, 1.54) is 6.42 Å². The Morgan fingerprint density at radius 3 is 1.57 bits per heavy atom. The molecule has 0 radical (unpaired) electrons. The molecule has 4 heteroatoms. The first-order chi connectivity index (χ1) is 6.68. The third-order valence-corrected chi connectivity index (χ3v) is 1.97. The fourth-order valence-corrected chi connectivity index (χ4v) is 1.25. The third kappa shape index (κ3) is 3.98. The molecular weight excluding hydrogens is 184 g/mol. The van der Waals surface area contributed by atoms with Crippen LogP contribution in [0.25, 0.3) is 0 Å². The molecule has 0 N–H and O–H groups in total. The summed E-state index contributed by atoms with van der Waals surface area (Å²) in [7, 11) is 0. The maximum atomic E-state index is 10.5. The largest absolute Gasteiger partial charge is 0.387 e. The van der Waals surface area contributed by atoms with Gasteiger partial charge in [0.05, 0.1) is 0 Å². The van der Waals surface area contributed by atoms with Crippen molar-refractivity contribution in [1.29, 1.82) is 0 Å². The topological polar surface area (TPSA) is 60.4 Å². The second-order valence-electron chi connectivity index (χ2n) is 3.17. The molecule has 0 saturated heterocycles. The molecule has 0 bridgehead atoms. The number of cyclic esters (lactones) is 2. The van der Waals surface area contributed by atoms with Crippen LogP contribution in [0.1, 0.15) is 32.1 Å². The molecule has 1 fully saturated rings. The van der Waals surface area contributed by atoms with Crippen LogP contribution >= 0.6 is 0 Å². The summed E-state index contributed by atoms with van der Waals surface area (Å²) in [5.74, 6) is -0.693. The number of hydrogen-bond acceptors (Lipinski definition) is 4. The van der Waals surface area contributed by atoms with Gasteiger partial charge in [0, 0.05) is 25.0 Å². The molecule has 0 aromatic heterocycles. The van der Waals surface area contributed by atoms with Gasteiger partial charge < -0.3 is 4.74 Å². The molecule has 0 amide bonds. The highest BCUT2D eigenvalue weighted by Crippen LogP contribution is 2.12. The van der Waals surface area contributed by atoms with E-state index in [1.54, 1.807) is 0 Å². The SMILES string of the molecule is O=C1C=CC(=O)O1.O=C1CCCCC1. The lowest BCUT2D eigenvalue weighted by Crippen LogP contribution is -2.02. The normalized spacial score (nSPS) is 20.1. The lowest BCUT2D eigenvalue weighted by molar-refractivity contribution is -0.150. The average Bonchev–Trinajstić information content (AvgIpc) is 2.52. The second-order valence-corrected chi connectivity index (χ2v) is 3.17. The van der Waals surface area contributed by atoms with E-state index in [-0.39, 0.29) is 0 Å². The summed E-state index contributed by atoms with van der Waals surface area (Å²) < 4.78 is 3.97. The molecule has 2 aliphatic rings. The van der Waals surface area contributed by atoms with Crippen LogP contribution < -0.4 is 0 Å². The van der Waals surface area contributed by atoms with Crippen LogP contribution in [0, 0.1) is 0 Å². The molecule has 0 aromatic carbocycles. The van der Waals surface area contributed by atoms with Gasteiger partial charge >= 0.3 is 11.9 Å². The van der Waals surface area contributed by atoms with Crippen LogP contribution in [-0.4, -0.2) is 17.7 Å². The van der Waals surface area contributed by atoms with Crippen molar-refractivity contribution in [2.75, 3.05) is 0 Å². The third-order valence-electron chi connectivity index (χ3n) is 1.97. The lowest BCUT2D eigenvalue weighted by Gasteiger charge is -2.05. The Kier molecular flexibility index (Phi) is 4.04. The summed E-state index contributed by atoms with van der Waals surface area (Å²) in [4.78, 5) is 30.3. The van der Waals surface area contributed by atoms with Gasteiger partial charge in [-0.1, -0.05) is 6.42 Å². The maximum absolute atomic E-state index is 10.5. The molecule has 1 aliphatic heterocycles. The first-order valence-electron chi connectivity index (χ1n) is 4.64. The van der Waals surface area contributed by atoms with Crippen molar-refractivity contribution in [3.63, 3.8) is 0 Å². The van der Waals surface area contributed by atoms with Crippen LogP contribution in [0.2, 0.25) is 0 Å². The van der Waals surface area contributed by atoms with E-state index in [0.29, 0.717) is 5.78 Å². The summed E-state index contributed by atoms with van der Waals surface area (Å²) in [6.07, 6.45) is 7.41. The van der Waals surface area contributed by atoms with E-state index in [4.69, 9.17) is 0 Å². The molecule has 1 aliphatic carbocycles. The van der Waals surface area contributed by atoms with Gasteiger partial charge in [0.25, 0.3) is 0 Å². The zero-order valence-corrected chi connectivity index (χ0v) is 7.82. The van der Waals surface area contributed by atoms with Gasteiger partial charge in [-0.2, -0.15) is 0 Å². The van der Waals surface area contributed by atoms with E-state index in [2.05, 4.69) is 4.74 Å². The van der Waals surface area contributed by atoms with Crippen LogP contribution in [0.3, 0.4) is 0 Å². The van der Waals surface area contributed by atoms with Crippen molar-refractivity contribution in [3.8, 4) is 0 Å². The number of rotatable bonds is 0. The van der Waals surface area contributed by atoms with Gasteiger partial charge in [-0.25, -0.2) is 9.59 Å². The molecule has 14 heavy (non-hydrogen) atoms. The standard InChI is InChI=1S/C6H10O.C4H2O3/c7-6-4-2-1-3-5-6;5-3-1-2-4(6)7-3/h1-5H2;1-2H. The summed E-state index contributed by atoms with van der Waals surface area (Å²) in [5, 5.41) is 0. The monoisotopic (exact) mass is 196 g/mol. The summed E-state index contributed by atoms with van der Waals surface area (Å²) in [5.41, 5.74) is 0. The number of ketones is 1. The first-order valence-corrected chi connectivity index (χ1v) is 4.64. The minimum atomic E-state index is -0.579. The molecule has 0 atom stereocenters. The van der Waals surface area contributed by atoms with Crippen molar-refractivity contribution in [2.24, 2.45) is 0 Å². The molecular formula is C10H12O4. The van der Waals surface area contributed by atoms with Crippen LogP contribution in [0.5, 0.6) is 0 Å². The minimum Gasteiger partial charge on any atom is -0.387 e. The van der Waals surface area contributed by atoms with Gasteiger partial charge in [-0.05, 0) is 12.8 Å². The van der Waals surface area contributed by atoms with Crippen molar-refractivity contribution < 1.29 is 19.1 Å². The zero-order valence-electron chi connectivity index (χ0n) is 7.82. The lowest BCUT2D eigenvalue weighted by atomic mass is 10.00. The Hall–Kier alpha value is -1.45. The van der Waals surface area contributed by atoms with E-state index in [9.17, 15) is 14.4 Å². The van der Waals surface area contributed by atoms with E-state index in [0.717, 1.165) is 37.8 Å². The molecule has 2 rings (SSSR count). The van der Waals surface area contributed by atoms with Crippen LogP contribution in [0.15, 0.2) is 12.2 Å². The molecule has 0 spiro atoms. The maximum Gasteiger partial charge on any atom is 0.338 e. The highest BCUT2D eigenvalue weighted by atomic mass is 16.6. The molecule has 1 saturated carbocycles. The smallest absolute Gasteiger partial charge is 0.338 e. The Morgan fingerprint density at radius 1 is 0.857 bits per heavy atom.